The van der Waals surface area contributed by atoms with E-state index in [-0.39, 0.29) is 41.5 Å². The number of esters is 1. The van der Waals surface area contributed by atoms with E-state index in [0.29, 0.717) is 5.56 Å². The molecule has 10 nitrogen and oxygen atoms in total. The Hall–Kier alpha value is -3.40. The maximum atomic E-state index is 12.3. The van der Waals surface area contributed by atoms with Crippen molar-refractivity contribution in [3.63, 3.8) is 0 Å². The predicted octanol–water partition coefficient (Wildman–Crippen LogP) is 1.21. The number of nitrogens with one attached hydrogen (secondary N) is 2. The minimum atomic E-state index is -0.611. The topological polar surface area (TPSA) is 121 Å². The molecule has 2 N–H and O–H groups in total. The summed E-state index contributed by atoms with van der Waals surface area (Å²) in [5.41, 5.74) is 5.87. The summed E-state index contributed by atoms with van der Waals surface area (Å²) in [6, 6.07) is 6.37. The number of benzene rings is 1. The van der Waals surface area contributed by atoms with Crippen LogP contribution in [0.2, 0.25) is 0 Å². The third kappa shape index (κ3) is 5.28. The van der Waals surface area contributed by atoms with Crippen molar-refractivity contribution < 1.29 is 28.5 Å². The second-order valence-corrected chi connectivity index (χ2v) is 5.15. The Bertz CT molecular complexity index is 805. The van der Waals surface area contributed by atoms with Crippen molar-refractivity contribution in [2.45, 2.75) is 13.5 Å². The zero-order valence-electron chi connectivity index (χ0n) is 15.4. The standard InChI is InChI=1S/C17H20N4O6/c1-10(22)21-18-9-11-6-5-7-12(15(11)16(23)26-4)27-17-19-13(24-2)8-14(20-17)25-3/h5-8,18H,9H2,1-4H3,(H,21,22). The van der Waals surface area contributed by atoms with Crippen molar-refractivity contribution in [2.24, 2.45) is 0 Å². The van der Waals surface area contributed by atoms with Gasteiger partial charge < -0.3 is 18.9 Å². The summed E-state index contributed by atoms with van der Waals surface area (Å²) in [5, 5.41) is 0. The van der Waals surface area contributed by atoms with Crippen molar-refractivity contribution >= 4 is 11.9 Å². The number of nitrogens with zero attached hydrogens (tertiary/aromatic N) is 2. The highest BCUT2D eigenvalue weighted by atomic mass is 16.5. The lowest BCUT2D eigenvalue weighted by Crippen LogP contribution is -2.35. The van der Waals surface area contributed by atoms with Gasteiger partial charge in [0.2, 0.25) is 17.7 Å². The van der Waals surface area contributed by atoms with Gasteiger partial charge in [-0.15, -0.1) is 0 Å². The van der Waals surface area contributed by atoms with E-state index in [0.717, 1.165) is 0 Å². The summed E-state index contributed by atoms with van der Waals surface area (Å²) < 4.78 is 20.7. The van der Waals surface area contributed by atoms with Gasteiger partial charge in [-0.3, -0.25) is 10.2 Å². The largest absolute Gasteiger partial charge is 0.481 e. The molecule has 1 amide bonds. The van der Waals surface area contributed by atoms with Crippen LogP contribution in [-0.4, -0.2) is 43.2 Å². The highest BCUT2D eigenvalue weighted by Gasteiger charge is 2.20. The van der Waals surface area contributed by atoms with Crippen LogP contribution in [0.1, 0.15) is 22.8 Å². The number of amides is 1. The van der Waals surface area contributed by atoms with Crippen LogP contribution in [0.5, 0.6) is 23.5 Å². The van der Waals surface area contributed by atoms with Crippen molar-refractivity contribution in [1.29, 1.82) is 0 Å². The highest BCUT2D eigenvalue weighted by molar-refractivity contribution is 5.94. The minimum Gasteiger partial charge on any atom is -0.481 e. The second-order valence-electron chi connectivity index (χ2n) is 5.15. The van der Waals surface area contributed by atoms with E-state index in [9.17, 15) is 9.59 Å². The smallest absolute Gasteiger partial charge is 0.342 e. The fourth-order valence-corrected chi connectivity index (χ4v) is 2.14. The number of hydrogen-bond donors (Lipinski definition) is 2. The Morgan fingerprint density at radius 3 is 2.30 bits per heavy atom. The fourth-order valence-electron chi connectivity index (χ4n) is 2.14. The molecule has 0 spiro atoms. The molecule has 0 radical (unpaired) electrons. The average Bonchev–Trinajstić information content (AvgIpc) is 2.67. The number of hydrazine groups is 1. The summed E-state index contributed by atoms with van der Waals surface area (Å²) in [4.78, 5) is 31.4. The number of aromatic nitrogens is 2. The summed E-state index contributed by atoms with van der Waals surface area (Å²) in [6.07, 6.45) is 0. The first kappa shape index (κ1) is 19.9. The molecule has 10 heteroatoms. The van der Waals surface area contributed by atoms with E-state index < -0.39 is 5.97 Å². The van der Waals surface area contributed by atoms with Crippen LogP contribution in [0.25, 0.3) is 0 Å². The van der Waals surface area contributed by atoms with Crippen LogP contribution < -0.4 is 25.1 Å². The normalized spacial score (nSPS) is 10.1. The molecule has 0 aliphatic heterocycles. The van der Waals surface area contributed by atoms with Gasteiger partial charge in [-0.05, 0) is 11.6 Å². The van der Waals surface area contributed by atoms with Crippen molar-refractivity contribution in [2.75, 3.05) is 21.3 Å². The van der Waals surface area contributed by atoms with Crippen molar-refractivity contribution in [3.05, 3.63) is 35.4 Å². The maximum Gasteiger partial charge on any atom is 0.342 e. The molecule has 144 valence electrons. The molecule has 1 heterocycles. The molecule has 0 bridgehead atoms. The zero-order chi connectivity index (χ0) is 19.8. The molecule has 27 heavy (non-hydrogen) atoms. The van der Waals surface area contributed by atoms with Crippen molar-refractivity contribution in [3.8, 4) is 23.5 Å². The van der Waals surface area contributed by atoms with Gasteiger partial charge in [0.05, 0.1) is 27.4 Å². The lowest BCUT2D eigenvalue weighted by molar-refractivity contribution is -0.119. The first-order valence-corrected chi connectivity index (χ1v) is 7.83. The van der Waals surface area contributed by atoms with Crippen LogP contribution in [0.15, 0.2) is 24.3 Å². The number of methoxy groups -OCH3 is 3. The van der Waals surface area contributed by atoms with E-state index in [1.807, 2.05) is 0 Å². The Balaban J connectivity index is 2.38. The third-order valence-corrected chi connectivity index (χ3v) is 3.32. The summed E-state index contributed by atoms with van der Waals surface area (Å²) >= 11 is 0. The van der Waals surface area contributed by atoms with E-state index >= 15 is 0 Å². The Labute approximate surface area is 155 Å². The Kier molecular flexibility index (Phi) is 6.89. The lowest BCUT2D eigenvalue weighted by Gasteiger charge is -2.14. The lowest BCUT2D eigenvalue weighted by atomic mass is 10.1. The van der Waals surface area contributed by atoms with Gasteiger partial charge in [-0.1, -0.05) is 12.1 Å². The maximum absolute atomic E-state index is 12.3. The molecule has 0 saturated heterocycles. The van der Waals surface area contributed by atoms with Gasteiger partial charge in [0, 0.05) is 13.5 Å². The summed E-state index contributed by atoms with van der Waals surface area (Å²) in [5.74, 6) is -0.224. The highest BCUT2D eigenvalue weighted by Crippen LogP contribution is 2.29. The fraction of sp³-hybridized carbons (Fsp3) is 0.294. The van der Waals surface area contributed by atoms with Gasteiger partial charge >= 0.3 is 12.0 Å². The van der Waals surface area contributed by atoms with Gasteiger partial charge in [-0.2, -0.15) is 9.97 Å². The molecule has 2 aromatic rings. The van der Waals surface area contributed by atoms with Crippen LogP contribution in [0.4, 0.5) is 0 Å². The summed E-state index contributed by atoms with van der Waals surface area (Å²) in [7, 11) is 4.15. The first-order valence-electron chi connectivity index (χ1n) is 7.83. The molecule has 0 atom stereocenters. The monoisotopic (exact) mass is 376 g/mol. The molecule has 0 aliphatic rings. The predicted molar refractivity (Wildman–Crippen MR) is 93.6 cm³/mol. The number of carbonyl (C=O) groups is 2. The zero-order valence-corrected chi connectivity index (χ0v) is 15.4. The molecule has 2 rings (SSSR count). The Morgan fingerprint density at radius 2 is 1.74 bits per heavy atom. The number of rotatable bonds is 8. The number of hydrogen-bond acceptors (Lipinski definition) is 9. The van der Waals surface area contributed by atoms with Crippen LogP contribution in [0.3, 0.4) is 0 Å². The van der Waals surface area contributed by atoms with Gasteiger partial charge in [0.1, 0.15) is 11.3 Å². The van der Waals surface area contributed by atoms with E-state index in [2.05, 4.69) is 20.8 Å². The second kappa shape index (κ2) is 9.34. The molecule has 0 fully saturated rings. The van der Waals surface area contributed by atoms with Crippen LogP contribution in [0, 0.1) is 0 Å². The molecular formula is C17H20N4O6. The van der Waals surface area contributed by atoms with Crippen molar-refractivity contribution in [1.82, 2.24) is 20.8 Å². The molecule has 0 unspecified atom stereocenters. The average molecular weight is 376 g/mol. The van der Waals surface area contributed by atoms with Gasteiger partial charge in [-0.25, -0.2) is 10.2 Å². The molecule has 1 aromatic carbocycles. The van der Waals surface area contributed by atoms with Crippen LogP contribution >= 0.6 is 0 Å². The van der Waals surface area contributed by atoms with E-state index in [1.165, 1.54) is 34.3 Å². The Morgan fingerprint density at radius 1 is 1.07 bits per heavy atom. The first-order chi connectivity index (χ1) is 13.0. The minimum absolute atomic E-state index is 0.0664. The molecule has 0 saturated carbocycles. The van der Waals surface area contributed by atoms with Crippen LogP contribution in [-0.2, 0) is 16.1 Å². The SMILES string of the molecule is COC(=O)c1c(CNNC(C)=O)cccc1Oc1nc(OC)cc(OC)n1. The van der Waals surface area contributed by atoms with E-state index in [4.69, 9.17) is 18.9 Å². The van der Waals surface area contributed by atoms with Gasteiger partial charge in [0.25, 0.3) is 0 Å². The molecular weight excluding hydrogens is 356 g/mol. The summed E-state index contributed by atoms with van der Waals surface area (Å²) in [6.45, 7) is 1.53. The van der Waals surface area contributed by atoms with Gasteiger partial charge in [0.15, 0.2) is 0 Å². The quantitative estimate of drug-likeness (QED) is 0.517. The molecule has 1 aromatic heterocycles. The third-order valence-electron chi connectivity index (χ3n) is 3.32. The number of ether oxygens (including phenoxy) is 4. The molecule has 0 aliphatic carbocycles. The number of carbonyl (C=O) groups excluding carboxylic acids is 2. The van der Waals surface area contributed by atoms with E-state index in [1.54, 1.807) is 18.2 Å².